The van der Waals surface area contributed by atoms with Gasteiger partial charge in [0.1, 0.15) is 5.70 Å². The molecule has 1 heterocycles. The molecular weight excluding hydrogens is 444 g/mol. The van der Waals surface area contributed by atoms with E-state index in [1.165, 1.54) is 48.5 Å². The molecule has 174 valence electrons. The van der Waals surface area contributed by atoms with E-state index in [4.69, 9.17) is 5.26 Å². The van der Waals surface area contributed by atoms with Crippen LogP contribution in [-0.2, 0) is 15.0 Å². The molecular formula is C27H22N4O4. The van der Waals surface area contributed by atoms with Gasteiger partial charge in [-0.25, -0.2) is 4.90 Å². The van der Waals surface area contributed by atoms with E-state index in [1.54, 1.807) is 0 Å². The number of nitrogens with one attached hydrogen (secondary N) is 1. The van der Waals surface area contributed by atoms with Gasteiger partial charge in [0.05, 0.1) is 27.8 Å². The van der Waals surface area contributed by atoms with Crippen molar-refractivity contribution < 1.29 is 14.5 Å². The summed E-state index contributed by atoms with van der Waals surface area (Å²) in [5.41, 5.74) is 2.82. The van der Waals surface area contributed by atoms with Gasteiger partial charge in [0.2, 0.25) is 0 Å². The van der Waals surface area contributed by atoms with Crippen LogP contribution in [0.15, 0.2) is 78.5 Å². The number of amides is 2. The Kier molecular flexibility index (Phi) is 5.93. The Hall–Kier alpha value is -4.77. The summed E-state index contributed by atoms with van der Waals surface area (Å²) in [6, 6.07) is 21.2. The van der Waals surface area contributed by atoms with Gasteiger partial charge in [0.25, 0.3) is 17.5 Å². The van der Waals surface area contributed by atoms with Gasteiger partial charge >= 0.3 is 0 Å². The Morgan fingerprint density at radius 2 is 1.49 bits per heavy atom. The Labute approximate surface area is 202 Å². The maximum atomic E-state index is 13.5. The lowest BCUT2D eigenvalue weighted by Crippen LogP contribution is -2.32. The number of non-ortho nitro benzene ring substituents is 1. The fourth-order valence-corrected chi connectivity index (χ4v) is 3.78. The molecule has 8 nitrogen and oxygen atoms in total. The lowest BCUT2D eigenvalue weighted by Gasteiger charge is -2.19. The van der Waals surface area contributed by atoms with E-state index < -0.39 is 16.7 Å². The van der Waals surface area contributed by atoms with Crippen molar-refractivity contribution in [2.24, 2.45) is 0 Å². The second kappa shape index (κ2) is 8.88. The number of nitriles is 1. The van der Waals surface area contributed by atoms with Crippen LogP contribution in [0.2, 0.25) is 0 Å². The van der Waals surface area contributed by atoms with Crippen molar-refractivity contribution in [2.75, 3.05) is 10.2 Å². The van der Waals surface area contributed by atoms with Gasteiger partial charge in [0, 0.05) is 17.8 Å². The average molecular weight is 466 g/mol. The Morgan fingerprint density at radius 3 is 2.00 bits per heavy atom. The molecule has 0 fully saturated rings. The van der Waals surface area contributed by atoms with Gasteiger partial charge in [-0.2, -0.15) is 5.26 Å². The molecule has 35 heavy (non-hydrogen) atoms. The first-order chi connectivity index (χ1) is 16.6. The highest BCUT2D eigenvalue weighted by Gasteiger charge is 2.40. The minimum absolute atomic E-state index is 0.0484. The van der Waals surface area contributed by atoms with Gasteiger partial charge in [-0.15, -0.1) is 0 Å². The number of carbonyl (C=O) groups is 2. The molecule has 0 aromatic heterocycles. The third-order valence-corrected chi connectivity index (χ3v) is 5.73. The fraction of sp³-hybridized carbons (Fsp3) is 0.148. The number of benzene rings is 3. The standard InChI is InChI=1S/C27H22N4O4/c1-27(2,3)19-8-10-20(11-9-19)29-24-23(18-6-14-22(15-7-18)31(34)35)25(32)30(26(24)33)21-12-4-17(16-28)5-13-21/h4-15,29H,1-3H3. The van der Waals surface area contributed by atoms with Gasteiger partial charge in [-0.1, -0.05) is 32.9 Å². The quantitative estimate of drug-likeness (QED) is 0.315. The minimum Gasteiger partial charge on any atom is -0.350 e. The molecule has 1 aliphatic heterocycles. The first-order valence-corrected chi connectivity index (χ1v) is 10.9. The topological polar surface area (TPSA) is 116 Å². The second-order valence-corrected chi connectivity index (χ2v) is 9.11. The molecule has 0 saturated carbocycles. The zero-order valence-corrected chi connectivity index (χ0v) is 19.4. The molecule has 0 bridgehead atoms. The van der Waals surface area contributed by atoms with Crippen molar-refractivity contribution in [3.63, 3.8) is 0 Å². The first-order valence-electron chi connectivity index (χ1n) is 10.9. The Balaban J connectivity index is 1.77. The SMILES string of the molecule is CC(C)(C)c1ccc(NC2=C(c3ccc([N+](=O)[O-])cc3)C(=O)N(c3ccc(C#N)cc3)C2=O)cc1. The molecule has 1 N–H and O–H groups in total. The summed E-state index contributed by atoms with van der Waals surface area (Å²) in [7, 11) is 0. The van der Waals surface area contributed by atoms with Crippen LogP contribution in [0.1, 0.15) is 37.5 Å². The normalized spacial score (nSPS) is 13.7. The number of nitrogens with zero attached hydrogens (tertiary/aromatic N) is 3. The third-order valence-electron chi connectivity index (χ3n) is 5.73. The van der Waals surface area contributed by atoms with Crippen LogP contribution in [0.3, 0.4) is 0 Å². The van der Waals surface area contributed by atoms with Crippen LogP contribution in [0.25, 0.3) is 5.57 Å². The number of hydrogen-bond acceptors (Lipinski definition) is 6. The summed E-state index contributed by atoms with van der Waals surface area (Å²) in [6.45, 7) is 6.29. The van der Waals surface area contributed by atoms with Crippen LogP contribution in [0.4, 0.5) is 17.1 Å². The second-order valence-electron chi connectivity index (χ2n) is 9.11. The van der Waals surface area contributed by atoms with Gasteiger partial charge in [-0.3, -0.25) is 19.7 Å². The lowest BCUT2D eigenvalue weighted by atomic mass is 9.87. The van der Waals surface area contributed by atoms with Crippen molar-refractivity contribution in [1.82, 2.24) is 0 Å². The molecule has 3 aromatic rings. The largest absolute Gasteiger partial charge is 0.350 e. The lowest BCUT2D eigenvalue weighted by molar-refractivity contribution is -0.384. The van der Waals surface area contributed by atoms with E-state index in [9.17, 15) is 19.7 Å². The highest BCUT2D eigenvalue weighted by atomic mass is 16.6. The fourth-order valence-electron chi connectivity index (χ4n) is 3.78. The number of imide groups is 1. The van der Waals surface area contributed by atoms with E-state index in [1.807, 2.05) is 30.3 Å². The molecule has 0 aliphatic carbocycles. The van der Waals surface area contributed by atoms with Crippen molar-refractivity contribution in [3.8, 4) is 6.07 Å². The maximum absolute atomic E-state index is 13.5. The van der Waals surface area contributed by atoms with Crippen molar-refractivity contribution in [1.29, 1.82) is 5.26 Å². The number of nitro groups is 1. The van der Waals surface area contributed by atoms with E-state index in [0.29, 0.717) is 22.5 Å². The van der Waals surface area contributed by atoms with Crippen LogP contribution in [-0.4, -0.2) is 16.7 Å². The van der Waals surface area contributed by atoms with Crippen LogP contribution < -0.4 is 10.2 Å². The summed E-state index contributed by atoms with van der Waals surface area (Å²) in [5.74, 6) is -1.13. The Bertz CT molecular complexity index is 1390. The molecule has 0 saturated heterocycles. The smallest absolute Gasteiger partial charge is 0.282 e. The molecule has 0 unspecified atom stereocenters. The van der Waals surface area contributed by atoms with Gasteiger partial charge in [0.15, 0.2) is 0 Å². The predicted octanol–water partition coefficient (Wildman–Crippen LogP) is 5.16. The predicted molar refractivity (Wildman–Crippen MR) is 132 cm³/mol. The molecule has 3 aromatic carbocycles. The minimum atomic E-state index is -0.567. The monoisotopic (exact) mass is 466 g/mol. The number of anilines is 2. The summed E-state index contributed by atoms with van der Waals surface area (Å²) < 4.78 is 0. The highest BCUT2D eigenvalue weighted by Crippen LogP contribution is 2.35. The van der Waals surface area contributed by atoms with E-state index in [-0.39, 0.29) is 22.4 Å². The summed E-state index contributed by atoms with van der Waals surface area (Å²) >= 11 is 0. The number of carbonyl (C=O) groups excluding carboxylic acids is 2. The number of nitro benzene ring substituents is 1. The highest BCUT2D eigenvalue weighted by molar-refractivity contribution is 6.46. The molecule has 2 amide bonds. The first kappa shape index (κ1) is 23.4. The van der Waals surface area contributed by atoms with Crippen LogP contribution >= 0.6 is 0 Å². The number of rotatable bonds is 5. The van der Waals surface area contributed by atoms with E-state index in [2.05, 4.69) is 26.1 Å². The number of hydrogen-bond donors (Lipinski definition) is 1. The molecule has 0 atom stereocenters. The van der Waals surface area contributed by atoms with E-state index in [0.717, 1.165) is 10.5 Å². The Morgan fingerprint density at radius 1 is 0.886 bits per heavy atom. The van der Waals surface area contributed by atoms with Gasteiger partial charge < -0.3 is 5.32 Å². The van der Waals surface area contributed by atoms with Crippen molar-refractivity contribution in [3.05, 3.63) is 105 Å². The molecule has 0 spiro atoms. The molecule has 0 radical (unpaired) electrons. The molecule has 1 aliphatic rings. The van der Waals surface area contributed by atoms with Crippen LogP contribution in [0, 0.1) is 21.4 Å². The zero-order chi connectivity index (χ0) is 25.3. The van der Waals surface area contributed by atoms with Crippen LogP contribution in [0.5, 0.6) is 0 Å². The van der Waals surface area contributed by atoms with Crippen molar-refractivity contribution >= 4 is 34.4 Å². The maximum Gasteiger partial charge on any atom is 0.282 e. The summed E-state index contributed by atoms with van der Waals surface area (Å²) in [5, 5.41) is 23.2. The molecule has 4 rings (SSSR count). The van der Waals surface area contributed by atoms with Gasteiger partial charge in [-0.05, 0) is 65.1 Å². The van der Waals surface area contributed by atoms with E-state index >= 15 is 0 Å². The summed E-state index contributed by atoms with van der Waals surface area (Å²) in [4.78, 5) is 38.5. The zero-order valence-electron chi connectivity index (χ0n) is 19.4. The molecule has 8 heteroatoms. The van der Waals surface area contributed by atoms with Crippen molar-refractivity contribution in [2.45, 2.75) is 26.2 Å². The third kappa shape index (κ3) is 4.52. The average Bonchev–Trinajstić information content (AvgIpc) is 3.08. The summed E-state index contributed by atoms with van der Waals surface area (Å²) in [6.07, 6.45) is 0.